The Kier molecular flexibility index (Phi) is 3.79. The van der Waals surface area contributed by atoms with Gasteiger partial charge in [0.1, 0.15) is 5.54 Å². The van der Waals surface area contributed by atoms with E-state index in [4.69, 9.17) is 11.0 Å². The van der Waals surface area contributed by atoms with E-state index in [0.29, 0.717) is 0 Å². The van der Waals surface area contributed by atoms with Crippen LogP contribution in [-0.4, -0.2) is 5.54 Å². The number of nitrogens with two attached hydrogens (primary N) is 1. The van der Waals surface area contributed by atoms with Crippen molar-refractivity contribution in [3.8, 4) is 6.07 Å². The molecule has 1 atom stereocenters. The maximum atomic E-state index is 12.7. The summed E-state index contributed by atoms with van der Waals surface area (Å²) in [5, 5.41) is 8.70. The van der Waals surface area contributed by atoms with Crippen LogP contribution in [0.15, 0.2) is 24.3 Å². The quantitative estimate of drug-likeness (QED) is 0.886. The molecule has 1 aromatic carbocycles. The van der Waals surface area contributed by atoms with E-state index in [1.165, 1.54) is 19.1 Å². The number of rotatable bonds is 3. The van der Waals surface area contributed by atoms with E-state index in [2.05, 4.69) is 0 Å². The smallest absolute Gasteiger partial charge is 0.314 e. The molecular formula is C12H13F3N2. The summed E-state index contributed by atoms with van der Waals surface area (Å²) in [5.74, 6) is 0. The average Bonchev–Trinajstić information content (AvgIpc) is 2.26. The van der Waals surface area contributed by atoms with Crippen molar-refractivity contribution < 1.29 is 13.2 Å². The molecule has 0 radical (unpaired) electrons. The molecule has 0 saturated heterocycles. The van der Waals surface area contributed by atoms with Crippen LogP contribution in [0.4, 0.5) is 13.2 Å². The van der Waals surface area contributed by atoms with Crippen LogP contribution < -0.4 is 5.73 Å². The fourth-order valence-electron chi connectivity index (χ4n) is 1.47. The van der Waals surface area contributed by atoms with Crippen molar-refractivity contribution >= 4 is 0 Å². The number of alkyl halides is 3. The number of halogens is 3. The van der Waals surface area contributed by atoms with Crippen LogP contribution in [0.25, 0.3) is 0 Å². The number of hydrogen-bond donors (Lipinski definition) is 1. The summed E-state index contributed by atoms with van der Waals surface area (Å²) in [4.78, 5) is 0. The Morgan fingerprint density at radius 1 is 1.29 bits per heavy atom. The van der Waals surface area contributed by atoms with Crippen molar-refractivity contribution in [1.29, 1.82) is 5.26 Å². The summed E-state index contributed by atoms with van der Waals surface area (Å²) in [6.07, 6.45) is -4.04. The lowest BCUT2D eigenvalue weighted by atomic mass is 9.93. The van der Waals surface area contributed by atoms with Gasteiger partial charge in [0, 0.05) is 0 Å². The number of aryl methyl sites for hydroxylation is 1. The Hall–Kier alpha value is -1.54. The molecular weight excluding hydrogens is 229 g/mol. The second-order valence-corrected chi connectivity index (χ2v) is 4.18. The first kappa shape index (κ1) is 13.5. The minimum absolute atomic E-state index is 0.135. The second-order valence-electron chi connectivity index (χ2n) is 4.18. The molecule has 5 heteroatoms. The Morgan fingerprint density at radius 2 is 1.88 bits per heavy atom. The van der Waals surface area contributed by atoms with Gasteiger partial charge >= 0.3 is 6.18 Å². The van der Waals surface area contributed by atoms with Crippen molar-refractivity contribution in [2.45, 2.75) is 31.5 Å². The molecule has 0 aliphatic carbocycles. The third-order valence-corrected chi connectivity index (χ3v) is 2.49. The molecule has 0 aliphatic rings. The van der Waals surface area contributed by atoms with E-state index < -0.39 is 17.3 Å². The molecule has 1 rings (SSSR count). The van der Waals surface area contributed by atoms with Crippen LogP contribution in [0.5, 0.6) is 0 Å². The van der Waals surface area contributed by atoms with Gasteiger partial charge in [0.05, 0.1) is 11.6 Å². The van der Waals surface area contributed by atoms with Crippen LogP contribution in [0.1, 0.15) is 24.5 Å². The Bertz CT molecular complexity index is 430. The number of nitrogens with zero attached hydrogens (tertiary/aromatic N) is 1. The summed E-state index contributed by atoms with van der Waals surface area (Å²) in [6, 6.07) is 7.21. The molecule has 0 aliphatic heterocycles. The van der Waals surface area contributed by atoms with E-state index in [1.807, 2.05) is 6.07 Å². The fraction of sp³-hybridized carbons (Fsp3) is 0.417. The van der Waals surface area contributed by atoms with Gasteiger partial charge in [-0.2, -0.15) is 18.4 Å². The molecule has 0 saturated carbocycles. The lowest BCUT2D eigenvalue weighted by Crippen LogP contribution is -2.34. The van der Waals surface area contributed by atoms with Crippen LogP contribution >= 0.6 is 0 Å². The van der Waals surface area contributed by atoms with E-state index in [-0.39, 0.29) is 18.4 Å². The Morgan fingerprint density at radius 3 is 2.41 bits per heavy atom. The number of hydrogen-bond acceptors (Lipinski definition) is 2. The molecule has 2 N–H and O–H groups in total. The lowest BCUT2D eigenvalue weighted by Gasteiger charge is -2.17. The topological polar surface area (TPSA) is 49.8 Å². The lowest BCUT2D eigenvalue weighted by molar-refractivity contribution is -0.138. The molecule has 1 aromatic rings. The summed E-state index contributed by atoms with van der Waals surface area (Å²) in [7, 11) is 0. The first-order chi connectivity index (χ1) is 7.76. The van der Waals surface area contributed by atoms with Crippen molar-refractivity contribution in [1.82, 2.24) is 0 Å². The predicted octanol–water partition coefficient (Wildman–Crippen LogP) is 2.88. The molecule has 1 unspecified atom stereocenters. The summed E-state index contributed by atoms with van der Waals surface area (Å²) in [5.41, 5.74) is 4.00. The highest BCUT2D eigenvalue weighted by Gasteiger charge is 2.33. The predicted molar refractivity (Wildman–Crippen MR) is 58.0 cm³/mol. The highest BCUT2D eigenvalue weighted by molar-refractivity contribution is 5.30. The van der Waals surface area contributed by atoms with Crippen molar-refractivity contribution in [3.63, 3.8) is 0 Å². The molecule has 0 spiro atoms. The molecule has 17 heavy (non-hydrogen) atoms. The zero-order valence-electron chi connectivity index (χ0n) is 9.38. The first-order valence-corrected chi connectivity index (χ1v) is 5.11. The largest absolute Gasteiger partial charge is 0.416 e. The van der Waals surface area contributed by atoms with Crippen LogP contribution in [0.3, 0.4) is 0 Å². The van der Waals surface area contributed by atoms with E-state index in [9.17, 15) is 13.2 Å². The van der Waals surface area contributed by atoms with Crippen molar-refractivity contribution in [2.75, 3.05) is 0 Å². The molecule has 0 aromatic heterocycles. The molecule has 0 bridgehead atoms. The SMILES string of the molecule is CC(N)(C#N)CCc1ccccc1C(F)(F)F. The maximum absolute atomic E-state index is 12.7. The summed E-state index contributed by atoms with van der Waals surface area (Å²) in [6.45, 7) is 1.50. The van der Waals surface area contributed by atoms with Crippen LogP contribution in [0, 0.1) is 11.3 Å². The fourth-order valence-corrected chi connectivity index (χ4v) is 1.47. The normalized spacial score (nSPS) is 15.1. The highest BCUT2D eigenvalue weighted by atomic mass is 19.4. The van der Waals surface area contributed by atoms with Gasteiger partial charge in [-0.05, 0) is 31.4 Å². The van der Waals surface area contributed by atoms with Gasteiger partial charge in [0.25, 0.3) is 0 Å². The molecule has 0 fully saturated rings. The summed E-state index contributed by atoms with van der Waals surface area (Å²) < 4.78 is 38.0. The van der Waals surface area contributed by atoms with Gasteiger partial charge in [-0.15, -0.1) is 0 Å². The van der Waals surface area contributed by atoms with Gasteiger partial charge in [-0.3, -0.25) is 0 Å². The zero-order chi connectivity index (χ0) is 13.1. The monoisotopic (exact) mass is 242 g/mol. The molecule has 0 heterocycles. The van der Waals surface area contributed by atoms with Gasteiger partial charge in [0.15, 0.2) is 0 Å². The minimum atomic E-state index is -4.37. The number of nitriles is 1. The zero-order valence-corrected chi connectivity index (χ0v) is 9.38. The van der Waals surface area contributed by atoms with E-state index in [0.717, 1.165) is 6.07 Å². The van der Waals surface area contributed by atoms with Crippen molar-refractivity contribution in [3.05, 3.63) is 35.4 Å². The van der Waals surface area contributed by atoms with Crippen LogP contribution in [0.2, 0.25) is 0 Å². The third kappa shape index (κ3) is 3.75. The molecule has 2 nitrogen and oxygen atoms in total. The highest BCUT2D eigenvalue weighted by Crippen LogP contribution is 2.32. The second kappa shape index (κ2) is 4.76. The first-order valence-electron chi connectivity index (χ1n) is 5.11. The minimum Gasteiger partial charge on any atom is -0.314 e. The number of benzene rings is 1. The molecule has 0 amide bonds. The van der Waals surface area contributed by atoms with Crippen molar-refractivity contribution in [2.24, 2.45) is 5.73 Å². The maximum Gasteiger partial charge on any atom is 0.416 e. The summed E-state index contributed by atoms with van der Waals surface area (Å²) >= 11 is 0. The molecule has 92 valence electrons. The van der Waals surface area contributed by atoms with Gasteiger partial charge in [-0.25, -0.2) is 0 Å². The van der Waals surface area contributed by atoms with E-state index in [1.54, 1.807) is 6.07 Å². The van der Waals surface area contributed by atoms with E-state index >= 15 is 0 Å². The third-order valence-electron chi connectivity index (χ3n) is 2.49. The average molecular weight is 242 g/mol. The van der Waals surface area contributed by atoms with Crippen LogP contribution in [-0.2, 0) is 12.6 Å². The Balaban J connectivity index is 2.90. The standard InChI is InChI=1S/C12H13F3N2/c1-11(17,8-16)7-6-9-4-2-3-5-10(9)12(13,14)15/h2-5H,6-7,17H2,1H3. The van der Waals surface area contributed by atoms with Gasteiger partial charge in [0.2, 0.25) is 0 Å². The van der Waals surface area contributed by atoms with Gasteiger partial charge < -0.3 is 5.73 Å². The van der Waals surface area contributed by atoms with Gasteiger partial charge in [-0.1, -0.05) is 18.2 Å². The Labute approximate surface area is 97.9 Å².